The quantitative estimate of drug-likeness (QED) is 0.321. The lowest BCUT2D eigenvalue weighted by Gasteiger charge is -2.21. The second-order valence-electron chi connectivity index (χ2n) is 8.20. The maximum absolute atomic E-state index is 13.2. The van der Waals surface area contributed by atoms with Gasteiger partial charge in [0, 0.05) is 34.0 Å². The summed E-state index contributed by atoms with van der Waals surface area (Å²) in [6, 6.07) is 7.33. The minimum absolute atomic E-state index is 0.0195. The Morgan fingerprint density at radius 1 is 1.15 bits per heavy atom. The van der Waals surface area contributed by atoms with Gasteiger partial charge in [0.1, 0.15) is 17.5 Å². The molecule has 1 unspecified atom stereocenters. The van der Waals surface area contributed by atoms with Crippen molar-refractivity contribution in [2.75, 3.05) is 12.4 Å². The number of nitrogens with one attached hydrogen (secondary N) is 1. The number of benzene rings is 1. The van der Waals surface area contributed by atoms with E-state index in [1.807, 2.05) is 0 Å². The number of primary amides is 1. The molecule has 1 aromatic carbocycles. The number of ether oxygens (including phenoxy) is 1. The van der Waals surface area contributed by atoms with Crippen LogP contribution < -0.4 is 27.1 Å². The van der Waals surface area contributed by atoms with Crippen LogP contribution in [0.5, 0.6) is 5.75 Å². The number of rotatable bonds is 10. The molecular weight excluding hydrogens is 536 g/mol. The Morgan fingerprint density at radius 3 is 2.44 bits per heavy atom. The van der Waals surface area contributed by atoms with E-state index in [4.69, 9.17) is 27.8 Å². The van der Waals surface area contributed by atoms with E-state index in [-0.39, 0.29) is 51.0 Å². The van der Waals surface area contributed by atoms with E-state index < -0.39 is 35.6 Å². The molecule has 0 aliphatic carbocycles. The number of methoxy groups -OCH3 is 1. The fourth-order valence-corrected chi connectivity index (χ4v) is 3.95. The number of halogens is 3. The SMILES string of the molecule is CCC(C(=O)Nc1ccc(C(N)=O)nc1)n1cc(OC)c(-c2cc(Cl)ccc2C(N)=CC(=O)C(F)F)cc1=O. The lowest BCUT2D eigenvalue weighted by molar-refractivity contribution is -0.124. The molecule has 2 amide bonds. The predicted octanol–water partition coefficient (Wildman–Crippen LogP) is 3.39. The third kappa shape index (κ3) is 6.65. The van der Waals surface area contributed by atoms with Crippen LogP contribution in [-0.4, -0.2) is 40.7 Å². The molecule has 0 saturated heterocycles. The van der Waals surface area contributed by atoms with Crippen molar-refractivity contribution in [1.82, 2.24) is 9.55 Å². The van der Waals surface area contributed by atoms with Crippen LogP contribution in [0.3, 0.4) is 0 Å². The van der Waals surface area contributed by atoms with Gasteiger partial charge in [0.2, 0.25) is 11.7 Å². The van der Waals surface area contributed by atoms with E-state index in [9.17, 15) is 28.0 Å². The Bertz CT molecular complexity index is 1510. The minimum Gasteiger partial charge on any atom is -0.495 e. The van der Waals surface area contributed by atoms with Crippen molar-refractivity contribution in [3.63, 3.8) is 0 Å². The summed E-state index contributed by atoms with van der Waals surface area (Å²) >= 11 is 6.16. The lowest BCUT2D eigenvalue weighted by atomic mass is 9.97. The number of anilines is 1. The van der Waals surface area contributed by atoms with Crippen molar-refractivity contribution in [1.29, 1.82) is 0 Å². The van der Waals surface area contributed by atoms with Gasteiger partial charge in [0.25, 0.3) is 17.9 Å². The summed E-state index contributed by atoms with van der Waals surface area (Å²) in [6.07, 6.45) is 0.165. The summed E-state index contributed by atoms with van der Waals surface area (Å²) in [5.41, 5.74) is 11.2. The highest BCUT2D eigenvalue weighted by Gasteiger charge is 2.24. The Morgan fingerprint density at radius 2 is 1.87 bits per heavy atom. The van der Waals surface area contributed by atoms with Crippen LogP contribution in [0.25, 0.3) is 16.8 Å². The van der Waals surface area contributed by atoms with Gasteiger partial charge in [-0.2, -0.15) is 0 Å². The molecule has 10 nitrogen and oxygen atoms in total. The molecule has 1 atom stereocenters. The fraction of sp³-hybridized carbons (Fsp3) is 0.192. The summed E-state index contributed by atoms with van der Waals surface area (Å²) in [6.45, 7) is 1.70. The smallest absolute Gasteiger partial charge is 0.299 e. The molecule has 2 heterocycles. The molecule has 3 aromatic rings. The van der Waals surface area contributed by atoms with E-state index in [0.29, 0.717) is 6.08 Å². The normalized spacial score (nSPS) is 12.2. The summed E-state index contributed by atoms with van der Waals surface area (Å²) in [4.78, 5) is 52.9. The van der Waals surface area contributed by atoms with Crippen molar-refractivity contribution < 1.29 is 27.9 Å². The standard InChI is InChI=1S/C26H24ClF2N5O5/c1-3-20(26(38)33-14-5-7-19(25(31)37)32-11-14)34-12-22(39-2)17(9-23(34)36)16-8-13(27)4-6-15(16)18(30)10-21(35)24(28)29/h4-12,20,24H,3,30H2,1-2H3,(H2,31,37)(H,33,38). The molecule has 13 heteroatoms. The average Bonchev–Trinajstić information content (AvgIpc) is 2.89. The molecule has 0 saturated carbocycles. The molecule has 0 radical (unpaired) electrons. The first kappa shape index (κ1) is 29.0. The molecule has 3 rings (SSSR count). The minimum atomic E-state index is -3.24. The molecule has 5 N–H and O–H groups in total. The summed E-state index contributed by atoms with van der Waals surface area (Å²) in [7, 11) is 1.34. The number of carbonyl (C=O) groups excluding carboxylic acids is 3. The number of carbonyl (C=O) groups is 3. The third-order valence-electron chi connectivity index (χ3n) is 5.67. The Kier molecular flexibility index (Phi) is 9.15. The molecule has 39 heavy (non-hydrogen) atoms. The van der Waals surface area contributed by atoms with Gasteiger partial charge in [0.15, 0.2) is 0 Å². The van der Waals surface area contributed by atoms with Crippen molar-refractivity contribution in [3.8, 4) is 16.9 Å². The fourth-order valence-electron chi connectivity index (χ4n) is 3.78. The first-order valence-electron chi connectivity index (χ1n) is 11.4. The summed E-state index contributed by atoms with van der Waals surface area (Å²) in [5, 5.41) is 2.88. The lowest BCUT2D eigenvalue weighted by Crippen LogP contribution is -2.32. The van der Waals surface area contributed by atoms with E-state index >= 15 is 0 Å². The third-order valence-corrected chi connectivity index (χ3v) is 5.90. The Balaban J connectivity index is 2.04. The number of amides is 2. The molecule has 2 aromatic heterocycles. The van der Waals surface area contributed by atoms with Crippen LogP contribution in [0.1, 0.15) is 35.4 Å². The van der Waals surface area contributed by atoms with Gasteiger partial charge in [-0.25, -0.2) is 13.8 Å². The number of hydrogen-bond donors (Lipinski definition) is 3. The second-order valence-corrected chi connectivity index (χ2v) is 8.64. The van der Waals surface area contributed by atoms with E-state index in [2.05, 4.69) is 10.3 Å². The number of nitrogens with two attached hydrogens (primary N) is 2. The van der Waals surface area contributed by atoms with Crippen molar-refractivity contribution >= 4 is 40.6 Å². The first-order chi connectivity index (χ1) is 18.5. The average molecular weight is 560 g/mol. The molecule has 0 aliphatic heterocycles. The van der Waals surface area contributed by atoms with Crippen molar-refractivity contribution in [2.24, 2.45) is 11.5 Å². The van der Waals surface area contributed by atoms with Crippen LogP contribution in [0.2, 0.25) is 5.02 Å². The van der Waals surface area contributed by atoms with Crippen LogP contribution in [-0.2, 0) is 9.59 Å². The number of alkyl halides is 2. The zero-order valence-electron chi connectivity index (χ0n) is 20.8. The number of ketones is 1. The molecule has 0 fully saturated rings. The van der Waals surface area contributed by atoms with E-state index in [1.54, 1.807) is 6.92 Å². The largest absolute Gasteiger partial charge is 0.495 e. The highest BCUT2D eigenvalue weighted by Crippen LogP contribution is 2.35. The zero-order chi connectivity index (χ0) is 28.9. The highest BCUT2D eigenvalue weighted by atomic mass is 35.5. The number of pyridine rings is 2. The first-order valence-corrected chi connectivity index (χ1v) is 11.8. The van der Waals surface area contributed by atoms with Gasteiger partial charge < -0.3 is 21.5 Å². The van der Waals surface area contributed by atoms with Crippen molar-refractivity contribution in [2.45, 2.75) is 25.8 Å². The van der Waals surface area contributed by atoms with E-state index in [0.717, 1.165) is 0 Å². The molecular formula is C26H24ClF2N5O5. The van der Waals surface area contributed by atoms with Crippen LogP contribution in [0.4, 0.5) is 14.5 Å². The predicted molar refractivity (Wildman–Crippen MR) is 142 cm³/mol. The number of aromatic nitrogens is 2. The monoisotopic (exact) mass is 559 g/mol. The highest BCUT2D eigenvalue weighted by molar-refractivity contribution is 6.31. The number of hydrogen-bond acceptors (Lipinski definition) is 7. The van der Waals surface area contributed by atoms with Gasteiger partial charge in [-0.15, -0.1) is 0 Å². The maximum atomic E-state index is 13.2. The molecule has 204 valence electrons. The van der Waals surface area contributed by atoms with Gasteiger partial charge in [-0.05, 0) is 36.2 Å². The topological polar surface area (TPSA) is 159 Å². The van der Waals surface area contributed by atoms with Crippen LogP contribution in [0.15, 0.2) is 59.7 Å². The van der Waals surface area contributed by atoms with Gasteiger partial charge in [0.05, 0.1) is 25.2 Å². The van der Waals surface area contributed by atoms with Crippen LogP contribution in [0, 0.1) is 0 Å². The van der Waals surface area contributed by atoms with Gasteiger partial charge in [-0.3, -0.25) is 23.7 Å². The van der Waals surface area contributed by atoms with Gasteiger partial charge >= 0.3 is 0 Å². The van der Waals surface area contributed by atoms with E-state index in [1.165, 1.54) is 60.5 Å². The number of nitrogens with zero attached hydrogens (tertiary/aromatic N) is 2. The summed E-state index contributed by atoms with van der Waals surface area (Å²) in [5.74, 6) is -2.60. The van der Waals surface area contributed by atoms with Gasteiger partial charge in [-0.1, -0.05) is 24.6 Å². The van der Waals surface area contributed by atoms with Crippen molar-refractivity contribution in [3.05, 3.63) is 81.5 Å². The number of allylic oxidation sites excluding steroid dienone is 1. The van der Waals surface area contributed by atoms with Crippen LogP contribution >= 0.6 is 11.6 Å². The molecule has 0 spiro atoms. The molecule has 0 bridgehead atoms. The zero-order valence-corrected chi connectivity index (χ0v) is 21.5. The Hall–Kier alpha value is -4.58. The summed E-state index contributed by atoms with van der Waals surface area (Å²) < 4.78 is 32.2. The maximum Gasteiger partial charge on any atom is 0.299 e. The Labute approximate surface area is 226 Å². The molecule has 0 aliphatic rings. The second kappa shape index (κ2) is 12.3.